The molecule has 1 aromatic heterocycles. The summed E-state index contributed by atoms with van der Waals surface area (Å²) in [6, 6.07) is 13.4. The Labute approximate surface area is 185 Å². The Balaban J connectivity index is 1.97. The Morgan fingerprint density at radius 2 is 1.84 bits per heavy atom. The molecule has 0 amide bonds. The van der Waals surface area contributed by atoms with Crippen molar-refractivity contribution in [1.29, 1.82) is 0 Å². The van der Waals surface area contributed by atoms with Crippen LogP contribution in [0.4, 0.5) is 5.69 Å². The van der Waals surface area contributed by atoms with Crippen LogP contribution < -0.4 is 20.1 Å². The summed E-state index contributed by atoms with van der Waals surface area (Å²) < 4.78 is 21.4. The van der Waals surface area contributed by atoms with E-state index >= 15 is 0 Å². The van der Waals surface area contributed by atoms with Crippen LogP contribution in [-0.4, -0.2) is 57.6 Å². The van der Waals surface area contributed by atoms with Crippen LogP contribution in [-0.2, 0) is 16.0 Å². The van der Waals surface area contributed by atoms with Gasteiger partial charge in [0, 0.05) is 32.0 Å². The van der Waals surface area contributed by atoms with E-state index in [-0.39, 0.29) is 6.10 Å². The first-order valence-corrected chi connectivity index (χ1v) is 10.5. The van der Waals surface area contributed by atoms with Gasteiger partial charge in [-0.2, -0.15) is 0 Å². The van der Waals surface area contributed by atoms with Gasteiger partial charge in [-0.05, 0) is 50.6 Å². The number of hydrogen-bond donors (Lipinski definition) is 2. The van der Waals surface area contributed by atoms with Crippen LogP contribution in [0.1, 0.15) is 26.0 Å². The molecule has 1 heterocycles. The predicted octanol–water partition coefficient (Wildman–Crippen LogP) is 3.49. The molecular formula is C23H34N4O4. The molecule has 8 nitrogen and oxygen atoms in total. The number of ether oxygens (including phenoxy) is 4. The van der Waals surface area contributed by atoms with Crippen molar-refractivity contribution < 1.29 is 18.9 Å². The van der Waals surface area contributed by atoms with Crippen LogP contribution in [0.3, 0.4) is 0 Å². The number of hydrogen-bond acceptors (Lipinski definition) is 6. The Morgan fingerprint density at radius 1 is 1.03 bits per heavy atom. The summed E-state index contributed by atoms with van der Waals surface area (Å²) in [7, 11) is 3.27. The van der Waals surface area contributed by atoms with Crippen LogP contribution in [0, 0.1) is 0 Å². The van der Waals surface area contributed by atoms with E-state index in [1.807, 2.05) is 56.3 Å². The first-order valence-electron chi connectivity index (χ1n) is 10.5. The van der Waals surface area contributed by atoms with Gasteiger partial charge in [0.15, 0.2) is 5.96 Å². The van der Waals surface area contributed by atoms with Crippen molar-refractivity contribution in [2.75, 3.05) is 45.9 Å². The molecule has 0 bridgehead atoms. The number of anilines is 1. The van der Waals surface area contributed by atoms with Crippen LogP contribution in [0.5, 0.6) is 11.6 Å². The lowest BCUT2D eigenvalue weighted by molar-refractivity contribution is 0.0699. The fourth-order valence-electron chi connectivity index (χ4n) is 2.61. The number of pyridine rings is 1. The number of aromatic nitrogens is 1. The maximum atomic E-state index is 5.70. The van der Waals surface area contributed by atoms with Gasteiger partial charge >= 0.3 is 0 Å². The number of methoxy groups -OCH3 is 2. The molecule has 2 rings (SSSR count). The van der Waals surface area contributed by atoms with E-state index in [9.17, 15) is 0 Å². The summed E-state index contributed by atoms with van der Waals surface area (Å²) in [4.78, 5) is 9.08. The normalized spacial score (nSPS) is 11.5. The Bertz CT molecular complexity index is 781. The van der Waals surface area contributed by atoms with Crippen molar-refractivity contribution in [2.24, 2.45) is 4.99 Å². The summed E-state index contributed by atoms with van der Waals surface area (Å²) in [5.74, 6) is 2.07. The van der Waals surface area contributed by atoms with Crippen LogP contribution in [0.15, 0.2) is 47.5 Å². The van der Waals surface area contributed by atoms with E-state index in [0.29, 0.717) is 38.2 Å². The van der Waals surface area contributed by atoms with Crippen molar-refractivity contribution in [2.45, 2.75) is 32.9 Å². The van der Waals surface area contributed by atoms with Crippen LogP contribution >= 0.6 is 0 Å². The van der Waals surface area contributed by atoms with Crippen molar-refractivity contribution in [3.05, 3.63) is 48.2 Å². The highest BCUT2D eigenvalue weighted by atomic mass is 16.5. The molecule has 2 N–H and O–H groups in total. The minimum atomic E-state index is 0.138. The number of aliphatic imine (C=N–C) groups is 1. The molecule has 0 atom stereocenters. The quantitative estimate of drug-likeness (QED) is 0.286. The SMILES string of the molecule is COCCOCCCNC(=NCc1cccc(OC)n1)Nc1ccc(OC(C)C)cc1. The highest BCUT2D eigenvalue weighted by Gasteiger charge is 2.04. The number of benzene rings is 1. The van der Waals surface area contributed by atoms with E-state index in [2.05, 4.69) is 20.6 Å². The molecule has 0 radical (unpaired) electrons. The molecule has 2 aromatic rings. The first kappa shape index (κ1) is 24.4. The van der Waals surface area contributed by atoms with Gasteiger partial charge < -0.3 is 29.6 Å². The molecule has 8 heteroatoms. The molecule has 0 saturated heterocycles. The zero-order valence-corrected chi connectivity index (χ0v) is 18.9. The number of rotatable bonds is 13. The second kappa shape index (κ2) is 14.2. The average Bonchev–Trinajstić information content (AvgIpc) is 2.77. The fourth-order valence-corrected chi connectivity index (χ4v) is 2.61. The number of guanidine groups is 1. The van der Waals surface area contributed by atoms with Crippen LogP contribution in [0.2, 0.25) is 0 Å². The lowest BCUT2D eigenvalue weighted by Crippen LogP contribution is -2.32. The monoisotopic (exact) mass is 430 g/mol. The minimum Gasteiger partial charge on any atom is -0.491 e. The van der Waals surface area contributed by atoms with E-state index in [1.54, 1.807) is 14.2 Å². The molecule has 31 heavy (non-hydrogen) atoms. The van der Waals surface area contributed by atoms with Crippen molar-refractivity contribution in [1.82, 2.24) is 10.3 Å². The van der Waals surface area contributed by atoms with Gasteiger partial charge in [-0.15, -0.1) is 0 Å². The molecule has 0 spiro atoms. The van der Waals surface area contributed by atoms with E-state index in [0.717, 1.165) is 30.1 Å². The smallest absolute Gasteiger partial charge is 0.213 e. The second-order valence-electron chi connectivity index (χ2n) is 7.04. The van der Waals surface area contributed by atoms with Gasteiger partial charge in [-0.3, -0.25) is 0 Å². The predicted molar refractivity (Wildman–Crippen MR) is 123 cm³/mol. The molecule has 0 aliphatic rings. The highest BCUT2D eigenvalue weighted by molar-refractivity contribution is 5.93. The summed E-state index contributed by atoms with van der Waals surface area (Å²) >= 11 is 0. The first-order chi connectivity index (χ1) is 15.1. The summed E-state index contributed by atoms with van der Waals surface area (Å²) in [5.41, 5.74) is 1.74. The Morgan fingerprint density at radius 3 is 2.55 bits per heavy atom. The summed E-state index contributed by atoms with van der Waals surface area (Å²) in [6.45, 7) is 7.01. The minimum absolute atomic E-state index is 0.138. The van der Waals surface area contributed by atoms with Gasteiger partial charge in [0.1, 0.15) is 5.75 Å². The van der Waals surface area contributed by atoms with Gasteiger partial charge in [0.05, 0.1) is 38.7 Å². The third-order valence-electron chi connectivity index (χ3n) is 4.07. The van der Waals surface area contributed by atoms with Crippen LogP contribution in [0.25, 0.3) is 0 Å². The lowest BCUT2D eigenvalue weighted by atomic mass is 10.3. The van der Waals surface area contributed by atoms with Crippen molar-refractivity contribution in [3.8, 4) is 11.6 Å². The third-order valence-corrected chi connectivity index (χ3v) is 4.07. The maximum absolute atomic E-state index is 5.70. The summed E-state index contributed by atoms with van der Waals surface area (Å²) in [5, 5.41) is 6.68. The Hall–Kier alpha value is -2.84. The topological polar surface area (TPSA) is 86.2 Å². The molecule has 0 aliphatic carbocycles. The van der Waals surface area contributed by atoms with E-state index in [1.165, 1.54) is 0 Å². The fraction of sp³-hybridized carbons (Fsp3) is 0.478. The van der Waals surface area contributed by atoms with Crippen molar-refractivity contribution >= 4 is 11.6 Å². The van der Waals surface area contributed by atoms with E-state index < -0.39 is 0 Å². The lowest BCUT2D eigenvalue weighted by Gasteiger charge is -2.14. The standard InChI is InChI=1S/C23H34N4O4/c1-18(2)31-21-11-9-19(10-12-21)27-23(24-13-6-14-30-16-15-28-3)25-17-20-7-5-8-22(26-20)29-4/h5,7-12,18H,6,13-17H2,1-4H3,(H2,24,25,27). The third kappa shape index (κ3) is 10.1. The second-order valence-corrected chi connectivity index (χ2v) is 7.04. The zero-order chi connectivity index (χ0) is 22.3. The van der Waals surface area contributed by atoms with Gasteiger partial charge in [0.2, 0.25) is 5.88 Å². The largest absolute Gasteiger partial charge is 0.491 e. The molecule has 0 aliphatic heterocycles. The molecule has 170 valence electrons. The number of nitrogens with one attached hydrogen (secondary N) is 2. The molecular weight excluding hydrogens is 396 g/mol. The maximum Gasteiger partial charge on any atom is 0.213 e. The molecule has 0 saturated carbocycles. The van der Waals surface area contributed by atoms with E-state index in [4.69, 9.17) is 18.9 Å². The molecule has 0 unspecified atom stereocenters. The molecule has 1 aromatic carbocycles. The van der Waals surface area contributed by atoms with Crippen molar-refractivity contribution in [3.63, 3.8) is 0 Å². The van der Waals surface area contributed by atoms with Gasteiger partial charge in [-0.25, -0.2) is 9.98 Å². The van der Waals surface area contributed by atoms with Gasteiger partial charge in [-0.1, -0.05) is 6.07 Å². The zero-order valence-electron chi connectivity index (χ0n) is 18.9. The molecule has 0 fully saturated rings. The average molecular weight is 431 g/mol. The Kier molecular flexibility index (Phi) is 11.2. The summed E-state index contributed by atoms with van der Waals surface area (Å²) in [6.07, 6.45) is 0.988. The highest BCUT2D eigenvalue weighted by Crippen LogP contribution is 2.17. The number of nitrogens with zero attached hydrogens (tertiary/aromatic N) is 2. The van der Waals surface area contributed by atoms with Gasteiger partial charge in [0.25, 0.3) is 0 Å².